The van der Waals surface area contributed by atoms with Gasteiger partial charge in [-0.3, -0.25) is 9.52 Å². The molecule has 8 heteroatoms. The van der Waals surface area contributed by atoms with E-state index in [1.165, 1.54) is 31.4 Å². The summed E-state index contributed by atoms with van der Waals surface area (Å²) in [6.45, 7) is 4.80. The maximum Gasteiger partial charge on any atom is 0.338 e. The SMILES string of the molecule is COc1ccc(NS(=O)(=O)c2cccc(C(=O)OCC(=O)C(C)(C)C)c2)cc1. The lowest BCUT2D eigenvalue weighted by atomic mass is 9.91. The zero-order valence-corrected chi connectivity index (χ0v) is 17.0. The third-order valence-electron chi connectivity index (χ3n) is 3.89. The van der Waals surface area contributed by atoms with E-state index < -0.39 is 21.4 Å². The van der Waals surface area contributed by atoms with Gasteiger partial charge in [0, 0.05) is 11.1 Å². The number of rotatable bonds is 7. The zero-order chi connectivity index (χ0) is 20.9. The third-order valence-corrected chi connectivity index (χ3v) is 5.27. The number of ether oxygens (including phenoxy) is 2. The number of sulfonamides is 1. The standard InChI is InChI=1S/C20H23NO6S/c1-20(2,3)18(22)13-27-19(23)14-6-5-7-17(12-14)28(24,25)21-15-8-10-16(26-4)11-9-15/h5-12,21H,13H2,1-4H3. The van der Waals surface area contributed by atoms with Crippen molar-refractivity contribution in [3.8, 4) is 5.75 Å². The normalized spacial score (nSPS) is 11.6. The Bertz CT molecular complexity index is 959. The van der Waals surface area contributed by atoms with Crippen LogP contribution in [0.5, 0.6) is 5.75 Å². The number of carbonyl (C=O) groups is 2. The van der Waals surface area contributed by atoms with E-state index in [0.717, 1.165) is 0 Å². The van der Waals surface area contributed by atoms with Gasteiger partial charge in [0.15, 0.2) is 12.4 Å². The molecule has 2 rings (SSSR count). The van der Waals surface area contributed by atoms with Crippen LogP contribution >= 0.6 is 0 Å². The Balaban J connectivity index is 2.14. The van der Waals surface area contributed by atoms with Crippen LogP contribution < -0.4 is 9.46 Å². The predicted molar refractivity (Wildman–Crippen MR) is 105 cm³/mol. The van der Waals surface area contributed by atoms with E-state index in [0.29, 0.717) is 11.4 Å². The van der Waals surface area contributed by atoms with E-state index in [1.807, 2.05) is 0 Å². The summed E-state index contributed by atoms with van der Waals surface area (Å²) in [4.78, 5) is 24.0. The summed E-state index contributed by atoms with van der Waals surface area (Å²) in [5.41, 5.74) is -0.239. The molecule has 150 valence electrons. The van der Waals surface area contributed by atoms with Gasteiger partial charge in [-0.05, 0) is 42.5 Å². The maximum absolute atomic E-state index is 12.6. The lowest BCUT2D eigenvalue weighted by Crippen LogP contribution is -2.26. The lowest BCUT2D eigenvalue weighted by molar-refractivity contribution is -0.129. The first kappa shape index (κ1) is 21.4. The van der Waals surface area contributed by atoms with Crippen molar-refractivity contribution < 1.29 is 27.5 Å². The molecule has 0 amide bonds. The highest BCUT2D eigenvalue weighted by Crippen LogP contribution is 2.20. The molecule has 0 fully saturated rings. The number of ketones is 1. The van der Waals surface area contributed by atoms with Gasteiger partial charge >= 0.3 is 5.97 Å². The van der Waals surface area contributed by atoms with Gasteiger partial charge in [0.1, 0.15) is 5.75 Å². The first-order chi connectivity index (χ1) is 13.0. The molecule has 0 aliphatic rings. The molecule has 2 aromatic rings. The van der Waals surface area contributed by atoms with Crippen LogP contribution in [-0.4, -0.2) is 33.9 Å². The number of nitrogens with one attached hydrogen (secondary N) is 1. The molecule has 0 aliphatic carbocycles. The number of methoxy groups -OCH3 is 1. The number of Topliss-reactive ketones (excluding diaryl/α,β-unsaturated/α-hetero) is 1. The Morgan fingerprint density at radius 2 is 1.68 bits per heavy atom. The quantitative estimate of drug-likeness (QED) is 0.710. The summed E-state index contributed by atoms with van der Waals surface area (Å²) in [7, 11) is -2.40. The van der Waals surface area contributed by atoms with Crippen LogP contribution in [0, 0.1) is 5.41 Å². The van der Waals surface area contributed by atoms with Crippen LogP contribution in [-0.2, 0) is 19.6 Å². The van der Waals surface area contributed by atoms with Gasteiger partial charge in [-0.2, -0.15) is 0 Å². The van der Waals surface area contributed by atoms with Crippen molar-refractivity contribution in [2.45, 2.75) is 25.7 Å². The molecule has 0 saturated heterocycles. The smallest absolute Gasteiger partial charge is 0.338 e. The highest BCUT2D eigenvalue weighted by molar-refractivity contribution is 7.92. The van der Waals surface area contributed by atoms with E-state index >= 15 is 0 Å². The Kier molecular flexibility index (Phi) is 6.45. The molecule has 0 heterocycles. The second-order valence-corrected chi connectivity index (χ2v) is 8.79. The fraction of sp³-hybridized carbons (Fsp3) is 0.300. The molecule has 0 unspecified atom stereocenters. The van der Waals surface area contributed by atoms with E-state index in [2.05, 4.69) is 4.72 Å². The summed E-state index contributed by atoms with van der Waals surface area (Å²) in [5.74, 6) is -0.401. The first-order valence-electron chi connectivity index (χ1n) is 8.50. The molecule has 0 saturated carbocycles. The summed E-state index contributed by atoms with van der Waals surface area (Å²) >= 11 is 0. The van der Waals surface area contributed by atoms with Gasteiger partial charge < -0.3 is 9.47 Å². The highest BCUT2D eigenvalue weighted by Gasteiger charge is 2.23. The minimum atomic E-state index is -3.91. The van der Waals surface area contributed by atoms with Gasteiger partial charge in [-0.25, -0.2) is 13.2 Å². The van der Waals surface area contributed by atoms with Crippen LogP contribution in [0.15, 0.2) is 53.4 Å². The topological polar surface area (TPSA) is 98.8 Å². The molecule has 28 heavy (non-hydrogen) atoms. The molecule has 0 atom stereocenters. The number of carbonyl (C=O) groups excluding carboxylic acids is 2. The van der Waals surface area contributed by atoms with Crippen molar-refractivity contribution in [1.82, 2.24) is 0 Å². The van der Waals surface area contributed by atoms with Crippen LogP contribution in [0.4, 0.5) is 5.69 Å². The van der Waals surface area contributed by atoms with Crippen molar-refractivity contribution >= 4 is 27.5 Å². The molecule has 7 nitrogen and oxygen atoms in total. The molecule has 0 radical (unpaired) electrons. The van der Waals surface area contributed by atoms with Crippen LogP contribution in [0.25, 0.3) is 0 Å². The van der Waals surface area contributed by atoms with Gasteiger partial charge in [-0.15, -0.1) is 0 Å². The molecular formula is C20H23NO6S. The predicted octanol–water partition coefficient (Wildman–Crippen LogP) is 3.27. The summed E-state index contributed by atoms with van der Waals surface area (Å²) in [6.07, 6.45) is 0. The minimum absolute atomic E-state index is 0.0410. The number of hydrogen-bond acceptors (Lipinski definition) is 6. The molecule has 1 N–H and O–H groups in total. The molecule has 0 bridgehead atoms. The van der Waals surface area contributed by atoms with Gasteiger partial charge in [0.05, 0.1) is 17.6 Å². The van der Waals surface area contributed by atoms with Crippen molar-refractivity contribution in [2.75, 3.05) is 18.4 Å². The Hall–Kier alpha value is -2.87. The number of benzene rings is 2. The Morgan fingerprint density at radius 1 is 1.04 bits per heavy atom. The summed E-state index contributed by atoms with van der Waals surface area (Å²) in [6, 6.07) is 11.8. The Morgan fingerprint density at radius 3 is 2.25 bits per heavy atom. The second kappa shape index (κ2) is 8.43. The van der Waals surface area contributed by atoms with E-state index in [4.69, 9.17) is 9.47 Å². The van der Waals surface area contributed by atoms with Crippen molar-refractivity contribution in [3.63, 3.8) is 0 Å². The second-order valence-electron chi connectivity index (χ2n) is 7.11. The number of anilines is 1. The highest BCUT2D eigenvalue weighted by atomic mass is 32.2. The van der Waals surface area contributed by atoms with Crippen molar-refractivity contribution in [3.05, 3.63) is 54.1 Å². The molecule has 0 aromatic heterocycles. The van der Waals surface area contributed by atoms with E-state index in [9.17, 15) is 18.0 Å². The lowest BCUT2D eigenvalue weighted by Gasteiger charge is -2.16. The van der Waals surface area contributed by atoms with Crippen LogP contribution in [0.1, 0.15) is 31.1 Å². The Labute approximate surface area is 164 Å². The summed E-state index contributed by atoms with van der Waals surface area (Å²) < 4.78 is 37.6. The maximum atomic E-state index is 12.6. The van der Waals surface area contributed by atoms with Crippen LogP contribution in [0.2, 0.25) is 0 Å². The largest absolute Gasteiger partial charge is 0.497 e. The number of hydrogen-bond donors (Lipinski definition) is 1. The zero-order valence-electron chi connectivity index (χ0n) is 16.2. The van der Waals surface area contributed by atoms with E-state index in [1.54, 1.807) is 45.0 Å². The molecular weight excluding hydrogens is 382 g/mol. The van der Waals surface area contributed by atoms with E-state index in [-0.39, 0.29) is 22.8 Å². The van der Waals surface area contributed by atoms with Gasteiger partial charge in [0.25, 0.3) is 10.0 Å². The minimum Gasteiger partial charge on any atom is -0.497 e. The number of esters is 1. The van der Waals surface area contributed by atoms with Crippen molar-refractivity contribution in [1.29, 1.82) is 0 Å². The third kappa shape index (κ3) is 5.56. The van der Waals surface area contributed by atoms with Crippen LogP contribution in [0.3, 0.4) is 0 Å². The van der Waals surface area contributed by atoms with Crippen molar-refractivity contribution in [2.24, 2.45) is 5.41 Å². The van der Waals surface area contributed by atoms with Gasteiger partial charge in [-0.1, -0.05) is 26.8 Å². The average Bonchev–Trinajstić information content (AvgIpc) is 2.65. The first-order valence-corrected chi connectivity index (χ1v) is 9.98. The molecule has 0 aliphatic heterocycles. The molecule has 2 aromatic carbocycles. The average molecular weight is 405 g/mol. The monoisotopic (exact) mass is 405 g/mol. The fourth-order valence-corrected chi connectivity index (χ4v) is 3.20. The fourth-order valence-electron chi connectivity index (χ4n) is 2.09. The molecule has 0 spiro atoms. The van der Waals surface area contributed by atoms with Gasteiger partial charge in [0.2, 0.25) is 0 Å². The summed E-state index contributed by atoms with van der Waals surface area (Å²) in [5, 5.41) is 0.